The van der Waals surface area contributed by atoms with E-state index in [1.807, 2.05) is 42.7 Å². The van der Waals surface area contributed by atoms with Gasteiger partial charge in [-0.25, -0.2) is 0 Å². The minimum Gasteiger partial charge on any atom is -0.494 e. The molecule has 0 radical (unpaired) electrons. The lowest BCUT2D eigenvalue weighted by atomic mass is 10.2. The van der Waals surface area contributed by atoms with E-state index < -0.39 is 4.92 Å². The number of amides is 1. The van der Waals surface area contributed by atoms with Gasteiger partial charge in [0.1, 0.15) is 11.6 Å². The number of methoxy groups -OCH3 is 1. The van der Waals surface area contributed by atoms with Crippen LogP contribution in [0.1, 0.15) is 11.4 Å². The van der Waals surface area contributed by atoms with Crippen LogP contribution in [-0.4, -0.2) is 38.5 Å². The molecule has 0 aliphatic carbocycles. The first-order valence-electron chi connectivity index (χ1n) is 8.63. The highest BCUT2D eigenvalue weighted by Crippen LogP contribution is 2.29. The van der Waals surface area contributed by atoms with Crippen molar-refractivity contribution in [1.29, 1.82) is 0 Å². The molecule has 10 heteroatoms. The molecule has 0 aliphatic rings. The number of carbonyl (C=O) groups excluding carboxylic acids is 1. The molecule has 0 saturated heterocycles. The number of thioether (sulfide) groups is 1. The topological polar surface area (TPSA) is 112 Å². The number of hydrogen-bond acceptors (Lipinski definition) is 7. The fraction of sp³-hybridized carbons (Fsp3) is 0.211. The molecule has 0 unspecified atom stereocenters. The van der Waals surface area contributed by atoms with E-state index in [1.165, 1.54) is 37.1 Å². The molecule has 0 fully saturated rings. The van der Waals surface area contributed by atoms with Crippen LogP contribution in [-0.2, 0) is 4.79 Å². The lowest BCUT2D eigenvalue weighted by molar-refractivity contribution is -0.384. The minimum atomic E-state index is -0.524. The Balaban J connectivity index is 1.71. The van der Waals surface area contributed by atoms with Crippen LogP contribution in [0.5, 0.6) is 5.75 Å². The van der Waals surface area contributed by atoms with Crippen LogP contribution in [0, 0.1) is 24.0 Å². The predicted octanol–water partition coefficient (Wildman–Crippen LogP) is 3.53. The Morgan fingerprint density at radius 3 is 2.59 bits per heavy atom. The number of non-ortho nitro benzene ring substituents is 1. The summed E-state index contributed by atoms with van der Waals surface area (Å²) in [6.45, 7) is 3.86. The van der Waals surface area contributed by atoms with Gasteiger partial charge in [0.25, 0.3) is 5.69 Å². The van der Waals surface area contributed by atoms with E-state index in [1.54, 1.807) is 0 Å². The van der Waals surface area contributed by atoms with Crippen LogP contribution in [0.3, 0.4) is 0 Å². The Labute approximate surface area is 171 Å². The third kappa shape index (κ3) is 4.72. The number of carbonyl (C=O) groups is 1. The highest BCUT2D eigenvalue weighted by Gasteiger charge is 2.16. The molecule has 1 amide bonds. The Morgan fingerprint density at radius 2 is 1.93 bits per heavy atom. The molecule has 0 aliphatic heterocycles. The van der Waals surface area contributed by atoms with Crippen molar-refractivity contribution in [2.75, 3.05) is 18.2 Å². The maximum Gasteiger partial charge on any atom is 0.273 e. The quantitative estimate of drug-likeness (QED) is 0.358. The van der Waals surface area contributed by atoms with Crippen molar-refractivity contribution in [1.82, 2.24) is 14.8 Å². The van der Waals surface area contributed by atoms with E-state index in [9.17, 15) is 14.9 Å². The van der Waals surface area contributed by atoms with Gasteiger partial charge in [0.05, 0.1) is 29.5 Å². The van der Waals surface area contributed by atoms with Crippen LogP contribution in [0.25, 0.3) is 5.69 Å². The first-order valence-corrected chi connectivity index (χ1v) is 9.61. The molecule has 2 aromatic carbocycles. The Morgan fingerprint density at radius 1 is 1.21 bits per heavy atom. The van der Waals surface area contributed by atoms with E-state index in [0.29, 0.717) is 16.7 Å². The number of aryl methyl sites for hydroxylation is 2. The van der Waals surface area contributed by atoms with Crippen LogP contribution in [0.4, 0.5) is 11.4 Å². The fourth-order valence-electron chi connectivity index (χ4n) is 2.64. The maximum absolute atomic E-state index is 12.4. The van der Waals surface area contributed by atoms with Crippen molar-refractivity contribution >= 4 is 29.0 Å². The summed E-state index contributed by atoms with van der Waals surface area (Å²) >= 11 is 1.24. The van der Waals surface area contributed by atoms with Crippen LogP contribution >= 0.6 is 11.8 Å². The van der Waals surface area contributed by atoms with Crippen molar-refractivity contribution < 1.29 is 14.5 Å². The van der Waals surface area contributed by atoms with Crippen molar-refractivity contribution in [3.05, 3.63) is 64.0 Å². The van der Waals surface area contributed by atoms with Crippen molar-refractivity contribution in [3.8, 4) is 11.4 Å². The fourth-order valence-corrected chi connectivity index (χ4v) is 3.44. The molecule has 150 valence electrons. The van der Waals surface area contributed by atoms with Crippen molar-refractivity contribution in [2.24, 2.45) is 0 Å². The largest absolute Gasteiger partial charge is 0.494 e. The Bertz CT molecular complexity index is 1050. The number of nitro benzene ring substituents is 1. The lowest BCUT2D eigenvalue weighted by Crippen LogP contribution is -2.15. The van der Waals surface area contributed by atoms with Crippen LogP contribution in [0.2, 0.25) is 0 Å². The third-order valence-electron chi connectivity index (χ3n) is 4.09. The number of nitrogens with zero attached hydrogens (tertiary/aromatic N) is 4. The number of rotatable bonds is 7. The van der Waals surface area contributed by atoms with Gasteiger partial charge in [-0.05, 0) is 32.0 Å². The summed E-state index contributed by atoms with van der Waals surface area (Å²) in [6, 6.07) is 11.9. The number of ether oxygens (including phenoxy) is 1. The first-order chi connectivity index (χ1) is 13.9. The van der Waals surface area contributed by atoms with Gasteiger partial charge in [0.2, 0.25) is 5.91 Å². The van der Waals surface area contributed by atoms with Crippen molar-refractivity contribution in [2.45, 2.75) is 19.0 Å². The summed E-state index contributed by atoms with van der Waals surface area (Å²) in [4.78, 5) is 22.7. The lowest BCUT2D eigenvalue weighted by Gasteiger charge is -2.11. The molecule has 0 bridgehead atoms. The summed E-state index contributed by atoms with van der Waals surface area (Å²) in [5.41, 5.74) is 2.30. The first kappa shape index (κ1) is 20.3. The number of anilines is 1. The molecular weight excluding hydrogens is 394 g/mol. The van der Waals surface area contributed by atoms with Gasteiger partial charge in [-0.1, -0.05) is 29.5 Å². The second-order valence-corrected chi connectivity index (χ2v) is 7.12. The van der Waals surface area contributed by atoms with Crippen LogP contribution < -0.4 is 10.1 Å². The molecule has 3 rings (SSSR count). The summed E-state index contributed by atoms with van der Waals surface area (Å²) in [5, 5.41) is 22.4. The summed E-state index contributed by atoms with van der Waals surface area (Å²) in [5.74, 6) is 0.729. The molecule has 1 heterocycles. The number of hydrogen-bond donors (Lipinski definition) is 1. The van der Waals surface area contributed by atoms with Gasteiger partial charge in [-0.15, -0.1) is 10.2 Å². The second kappa shape index (κ2) is 8.74. The number of nitro groups is 1. The van der Waals surface area contributed by atoms with Gasteiger partial charge < -0.3 is 10.1 Å². The zero-order valence-electron chi connectivity index (χ0n) is 16.1. The second-order valence-electron chi connectivity index (χ2n) is 6.18. The molecule has 0 spiro atoms. The zero-order chi connectivity index (χ0) is 21.0. The van der Waals surface area contributed by atoms with Gasteiger partial charge in [-0.2, -0.15) is 0 Å². The van der Waals surface area contributed by atoms with E-state index >= 15 is 0 Å². The van der Waals surface area contributed by atoms with Crippen LogP contribution in [0.15, 0.2) is 47.6 Å². The number of aromatic nitrogens is 3. The third-order valence-corrected chi connectivity index (χ3v) is 5.02. The standard InChI is InChI=1S/C19H19N5O4S/c1-12-4-6-14(7-5-12)23-13(2)21-22-19(23)29-11-18(25)20-16-9-8-15(24(26)27)10-17(16)28-3/h4-10H,11H2,1-3H3,(H,20,25). The van der Waals surface area contributed by atoms with Crippen molar-refractivity contribution in [3.63, 3.8) is 0 Å². The average molecular weight is 413 g/mol. The predicted molar refractivity (Wildman–Crippen MR) is 110 cm³/mol. The molecule has 1 aromatic heterocycles. The number of nitrogens with one attached hydrogen (secondary N) is 1. The van der Waals surface area contributed by atoms with E-state index in [0.717, 1.165) is 11.3 Å². The Kier molecular flexibility index (Phi) is 6.13. The summed E-state index contributed by atoms with van der Waals surface area (Å²) < 4.78 is 7.02. The highest BCUT2D eigenvalue weighted by atomic mass is 32.2. The number of benzene rings is 2. The normalized spacial score (nSPS) is 10.6. The molecule has 3 aromatic rings. The van der Waals surface area contributed by atoms with Gasteiger partial charge in [-0.3, -0.25) is 19.5 Å². The van der Waals surface area contributed by atoms with E-state index in [-0.39, 0.29) is 23.1 Å². The van der Waals surface area contributed by atoms with E-state index in [4.69, 9.17) is 4.74 Å². The van der Waals surface area contributed by atoms with Gasteiger partial charge >= 0.3 is 0 Å². The van der Waals surface area contributed by atoms with E-state index in [2.05, 4.69) is 15.5 Å². The summed E-state index contributed by atoms with van der Waals surface area (Å²) in [7, 11) is 1.39. The van der Waals surface area contributed by atoms with Gasteiger partial charge in [0.15, 0.2) is 5.16 Å². The molecule has 9 nitrogen and oxygen atoms in total. The highest BCUT2D eigenvalue weighted by molar-refractivity contribution is 7.99. The minimum absolute atomic E-state index is 0.0874. The molecule has 1 N–H and O–H groups in total. The Hall–Kier alpha value is -3.40. The molecule has 29 heavy (non-hydrogen) atoms. The molecular formula is C19H19N5O4S. The summed E-state index contributed by atoms with van der Waals surface area (Å²) in [6.07, 6.45) is 0. The maximum atomic E-state index is 12.4. The smallest absolute Gasteiger partial charge is 0.273 e. The molecule has 0 atom stereocenters. The monoisotopic (exact) mass is 413 g/mol. The molecule has 0 saturated carbocycles. The SMILES string of the molecule is COc1cc([N+](=O)[O-])ccc1NC(=O)CSc1nnc(C)n1-c1ccc(C)cc1. The average Bonchev–Trinajstić information content (AvgIpc) is 3.07. The zero-order valence-corrected chi connectivity index (χ0v) is 16.9. The van der Waals surface area contributed by atoms with Gasteiger partial charge in [0, 0.05) is 11.8 Å².